The van der Waals surface area contributed by atoms with E-state index in [-0.39, 0.29) is 6.04 Å². The van der Waals surface area contributed by atoms with Crippen molar-refractivity contribution < 1.29 is 9.84 Å². The second-order valence-electron chi connectivity index (χ2n) is 6.71. The molecule has 1 saturated heterocycles. The second kappa shape index (κ2) is 6.91. The minimum absolute atomic E-state index is 0.241. The van der Waals surface area contributed by atoms with E-state index in [2.05, 4.69) is 21.3 Å². The summed E-state index contributed by atoms with van der Waals surface area (Å²) in [5.74, 6) is 0.918. The van der Waals surface area contributed by atoms with Gasteiger partial charge in [-0.05, 0) is 33.3 Å². The van der Waals surface area contributed by atoms with Crippen molar-refractivity contribution in [2.75, 3.05) is 19.7 Å². The number of β-amino-alcohol motifs (C(OH)–C–C–N with tert-alkyl or cyclic N) is 1. The lowest BCUT2D eigenvalue weighted by Crippen LogP contribution is -2.31. The van der Waals surface area contributed by atoms with Gasteiger partial charge in [0.15, 0.2) is 0 Å². The van der Waals surface area contributed by atoms with Crippen molar-refractivity contribution >= 4 is 0 Å². The molecule has 0 amide bonds. The van der Waals surface area contributed by atoms with E-state index in [4.69, 9.17) is 4.74 Å². The van der Waals surface area contributed by atoms with Gasteiger partial charge in [0.25, 0.3) is 0 Å². The topological polar surface area (TPSA) is 63.4 Å². The van der Waals surface area contributed by atoms with Crippen molar-refractivity contribution in [1.29, 1.82) is 0 Å². The molecule has 1 N–H and O–H groups in total. The Balaban J connectivity index is 1.70. The Labute approximate surface area is 143 Å². The molecule has 0 bridgehead atoms. The van der Waals surface area contributed by atoms with E-state index in [1.165, 1.54) is 0 Å². The summed E-state index contributed by atoms with van der Waals surface area (Å²) in [6.45, 7) is 8.89. The lowest BCUT2D eigenvalue weighted by Gasteiger charge is -2.22. The average molecular weight is 330 g/mol. The molecule has 24 heavy (non-hydrogen) atoms. The van der Waals surface area contributed by atoms with Crippen LogP contribution in [0, 0.1) is 0 Å². The highest BCUT2D eigenvalue weighted by atomic mass is 16.5. The van der Waals surface area contributed by atoms with E-state index in [1.54, 1.807) is 4.68 Å². The molecule has 1 aliphatic heterocycles. The molecule has 1 unspecified atom stereocenters. The lowest BCUT2D eigenvalue weighted by atomic mass is 10.00. The molecule has 1 atom stereocenters. The van der Waals surface area contributed by atoms with E-state index in [1.807, 2.05) is 45.2 Å². The summed E-state index contributed by atoms with van der Waals surface area (Å²) in [4.78, 5) is 2.24. The molecule has 2 heterocycles. The fourth-order valence-corrected chi connectivity index (χ4v) is 3.13. The van der Waals surface area contributed by atoms with Crippen LogP contribution >= 0.6 is 0 Å². The fourth-order valence-electron chi connectivity index (χ4n) is 3.13. The molecular weight excluding hydrogens is 304 g/mol. The number of aliphatic hydroxyl groups is 1. The minimum Gasteiger partial charge on any atom is -0.494 e. The standard InChI is InChI=1S/C18H26N4O2/c1-4-24-16-8-6-5-7-15(16)11-21-10-9-18(23,13-21)17-12-22(14(2)3)20-19-17/h5-8,12,14,23H,4,9-11,13H2,1-3H3. The van der Waals surface area contributed by atoms with Gasteiger partial charge in [0.2, 0.25) is 0 Å². The molecule has 6 heteroatoms. The van der Waals surface area contributed by atoms with E-state index < -0.39 is 5.60 Å². The van der Waals surface area contributed by atoms with Gasteiger partial charge >= 0.3 is 0 Å². The third kappa shape index (κ3) is 3.44. The van der Waals surface area contributed by atoms with Crippen molar-refractivity contribution in [3.05, 3.63) is 41.7 Å². The summed E-state index contributed by atoms with van der Waals surface area (Å²) in [6, 6.07) is 8.32. The molecule has 0 radical (unpaired) electrons. The molecule has 0 saturated carbocycles. The predicted molar refractivity (Wildman–Crippen MR) is 91.8 cm³/mol. The summed E-state index contributed by atoms with van der Waals surface area (Å²) in [7, 11) is 0. The van der Waals surface area contributed by atoms with Crippen LogP contribution in [0.4, 0.5) is 0 Å². The molecular formula is C18H26N4O2. The summed E-state index contributed by atoms with van der Waals surface area (Å²) in [6.07, 6.45) is 2.53. The Hall–Kier alpha value is -1.92. The van der Waals surface area contributed by atoms with Gasteiger partial charge < -0.3 is 9.84 Å². The number of aromatic nitrogens is 3. The Morgan fingerprint density at radius 2 is 2.12 bits per heavy atom. The number of hydrogen-bond donors (Lipinski definition) is 1. The molecule has 6 nitrogen and oxygen atoms in total. The molecule has 2 aromatic rings. The number of nitrogens with zero attached hydrogens (tertiary/aromatic N) is 4. The number of hydrogen-bond acceptors (Lipinski definition) is 5. The molecule has 1 aliphatic rings. The molecule has 1 aromatic carbocycles. The first kappa shape index (κ1) is 16.9. The Kier molecular flexibility index (Phi) is 4.87. The molecule has 0 spiro atoms. The van der Waals surface area contributed by atoms with Crippen LogP contribution in [0.1, 0.15) is 44.5 Å². The second-order valence-corrected chi connectivity index (χ2v) is 6.71. The van der Waals surface area contributed by atoms with Crippen LogP contribution < -0.4 is 4.74 Å². The maximum Gasteiger partial charge on any atom is 0.124 e. The highest BCUT2D eigenvalue weighted by Gasteiger charge is 2.40. The van der Waals surface area contributed by atoms with Gasteiger partial charge in [-0.25, -0.2) is 4.68 Å². The first-order valence-corrected chi connectivity index (χ1v) is 8.59. The van der Waals surface area contributed by atoms with E-state index in [0.717, 1.165) is 24.4 Å². The van der Waals surface area contributed by atoms with Crippen LogP contribution in [0.2, 0.25) is 0 Å². The van der Waals surface area contributed by atoms with Crippen LogP contribution in [0.3, 0.4) is 0 Å². The Morgan fingerprint density at radius 1 is 1.33 bits per heavy atom. The number of likely N-dealkylation sites (tertiary alicyclic amines) is 1. The Bertz CT molecular complexity index is 685. The largest absolute Gasteiger partial charge is 0.494 e. The van der Waals surface area contributed by atoms with Crippen LogP contribution in [0.15, 0.2) is 30.5 Å². The van der Waals surface area contributed by atoms with Crippen LogP contribution in [0.5, 0.6) is 5.75 Å². The first-order valence-electron chi connectivity index (χ1n) is 8.59. The zero-order valence-corrected chi connectivity index (χ0v) is 14.6. The quantitative estimate of drug-likeness (QED) is 0.881. The summed E-state index contributed by atoms with van der Waals surface area (Å²) < 4.78 is 7.49. The predicted octanol–water partition coefficient (Wildman–Crippen LogP) is 2.35. The van der Waals surface area contributed by atoms with E-state index in [0.29, 0.717) is 25.3 Å². The number of benzene rings is 1. The van der Waals surface area contributed by atoms with Crippen molar-refractivity contribution in [3.8, 4) is 5.75 Å². The van der Waals surface area contributed by atoms with Gasteiger partial charge in [0, 0.05) is 31.2 Å². The maximum atomic E-state index is 11.0. The number of ether oxygens (including phenoxy) is 1. The lowest BCUT2D eigenvalue weighted by molar-refractivity contribution is 0.0407. The summed E-state index contributed by atoms with van der Waals surface area (Å²) in [5.41, 5.74) is 0.888. The van der Waals surface area contributed by atoms with Crippen molar-refractivity contribution in [1.82, 2.24) is 19.9 Å². The van der Waals surface area contributed by atoms with Gasteiger partial charge in [0.1, 0.15) is 17.0 Å². The molecule has 3 rings (SSSR count). The highest BCUT2D eigenvalue weighted by Crippen LogP contribution is 2.32. The average Bonchev–Trinajstić information content (AvgIpc) is 3.18. The van der Waals surface area contributed by atoms with Gasteiger partial charge in [-0.15, -0.1) is 5.10 Å². The molecule has 1 fully saturated rings. The minimum atomic E-state index is -0.923. The normalized spacial score (nSPS) is 21.5. The third-order valence-corrected chi connectivity index (χ3v) is 4.51. The third-order valence-electron chi connectivity index (χ3n) is 4.51. The smallest absolute Gasteiger partial charge is 0.124 e. The summed E-state index contributed by atoms with van der Waals surface area (Å²) >= 11 is 0. The zero-order chi connectivity index (χ0) is 17.2. The van der Waals surface area contributed by atoms with Gasteiger partial charge in [0.05, 0.1) is 12.8 Å². The van der Waals surface area contributed by atoms with Crippen molar-refractivity contribution in [2.24, 2.45) is 0 Å². The number of rotatable bonds is 6. The van der Waals surface area contributed by atoms with Crippen LogP contribution in [-0.4, -0.2) is 44.7 Å². The highest BCUT2D eigenvalue weighted by molar-refractivity contribution is 5.33. The SMILES string of the molecule is CCOc1ccccc1CN1CCC(O)(c2cn(C(C)C)nn2)C1. The first-order chi connectivity index (χ1) is 11.5. The van der Waals surface area contributed by atoms with Crippen molar-refractivity contribution in [3.63, 3.8) is 0 Å². The molecule has 130 valence electrons. The van der Waals surface area contributed by atoms with E-state index >= 15 is 0 Å². The van der Waals surface area contributed by atoms with Gasteiger partial charge in [-0.1, -0.05) is 23.4 Å². The summed E-state index contributed by atoms with van der Waals surface area (Å²) in [5, 5.41) is 19.3. The fraction of sp³-hybridized carbons (Fsp3) is 0.556. The molecule has 1 aromatic heterocycles. The van der Waals surface area contributed by atoms with Crippen LogP contribution in [0.25, 0.3) is 0 Å². The van der Waals surface area contributed by atoms with E-state index in [9.17, 15) is 5.11 Å². The number of para-hydroxylation sites is 1. The zero-order valence-electron chi connectivity index (χ0n) is 14.6. The van der Waals surface area contributed by atoms with Gasteiger partial charge in [-0.2, -0.15) is 0 Å². The Morgan fingerprint density at radius 3 is 2.83 bits per heavy atom. The monoisotopic (exact) mass is 330 g/mol. The maximum absolute atomic E-state index is 11.0. The van der Waals surface area contributed by atoms with Crippen molar-refractivity contribution in [2.45, 2.75) is 45.4 Å². The van der Waals surface area contributed by atoms with Gasteiger partial charge in [-0.3, -0.25) is 4.90 Å². The molecule has 0 aliphatic carbocycles. The van der Waals surface area contributed by atoms with Crippen LogP contribution in [-0.2, 0) is 12.1 Å².